The van der Waals surface area contributed by atoms with E-state index >= 15 is 0 Å². The second kappa shape index (κ2) is 8.08. The van der Waals surface area contributed by atoms with Crippen LogP contribution in [0.4, 0.5) is 0 Å². The van der Waals surface area contributed by atoms with Crippen LogP contribution in [0.25, 0.3) is 5.76 Å². The molecule has 154 valence electrons. The molecule has 1 aliphatic heterocycles. The van der Waals surface area contributed by atoms with Gasteiger partial charge in [-0.15, -0.1) is 0 Å². The number of rotatable bonds is 6. The fourth-order valence-electron chi connectivity index (χ4n) is 3.61. The molecule has 2 heterocycles. The van der Waals surface area contributed by atoms with Gasteiger partial charge in [-0.05, 0) is 45.6 Å². The Morgan fingerprint density at radius 2 is 2.03 bits per heavy atom. The lowest BCUT2D eigenvalue weighted by Crippen LogP contribution is -2.35. The number of aromatic amines is 1. The minimum atomic E-state index is -0.709. The van der Waals surface area contributed by atoms with Crippen molar-refractivity contribution in [2.45, 2.75) is 19.9 Å². The highest BCUT2D eigenvalue weighted by atomic mass is 16.5. The number of aliphatic hydroxyl groups excluding tert-OH is 1. The van der Waals surface area contributed by atoms with Gasteiger partial charge < -0.3 is 19.6 Å². The van der Waals surface area contributed by atoms with Crippen LogP contribution in [0.5, 0.6) is 5.75 Å². The number of H-pyrrole nitrogens is 1. The molecule has 8 nitrogen and oxygen atoms in total. The Morgan fingerprint density at radius 3 is 2.62 bits per heavy atom. The zero-order chi connectivity index (χ0) is 21.3. The molecule has 0 spiro atoms. The first-order chi connectivity index (χ1) is 13.8. The van der Waals surface area contributed by atoms with Crippen LogP contribution in [0.1, 0.15) is 28.6 Å². The minimum Gasteiger partial charge on any atom is -0.507 e. The molecule has 0 radical (unpaired) electrons. The number of aryl methyl sites for hydroxylation is 2. The van der Waals surface area contributed by atoms with E-state index in [2.05, 4.69) is 10.2 Å². The van der Waals surface area contributed by atoms with Crippen LogP contribution in [-0.2, 0) is 9.59 Å². The van der Waals surface area contributed by atoms with Gasteiger partial charge in [-0.25, -0.2) is 0 Å². The number of Topliss-reactive ketones (excluding diaryl/α,β-unsaturated/α-hetero) is 1. The molecule has 1 fully saturated rings. The number of ketones is 1. The van der Waals surface area contributed by atoms with Crippen LogP contribution >= 0.6 is 0 Å². The van der Waals surface area contributed by atoms with Gasteiger partial charge in [0.05, 0.1) is 30.0 Å². The molecule has 0 saturated carbocycles. The van der Waals surface area contributed by atoms with E-state index in [1.54, 1.807) is 39.2 Å². The number of aromatic nitrogens is 2. The smallest absolute Gasteiger partial charge is 0.295 e. The van der Waals surface area contributed by atoms with Crippen molar-refractivity contribution in [2.75, 3.05) is 34.3 Å². The summed E-state index contributed by atoms with van der Waals surface area (Å²) in [7, 11) is 5.35. The summed E-state index contributed by atoms with van der Waals surface area (Å²) in [4.78, 5) is 29.3. The van der Waals surface area contributed by atoms with Gasteiger partial charge in [-0.1, -0.05) is 12.1 Å². The number of aliphatic hydroxyl groups is 1. The van der Waals surface area contributed by atoms with Crippen molar-refractivity contribution in [1.29, 1.82) is 0 Å². The third-order valence-electron chi connectivity index (χ3n) is 5.10. The highest BCUT2D eigenvalue weighted by Gasteiger charge is 2.46. The lowest BCUT2D eigenvalue weighted by Gasteiger charge is -2.26. The summed E-state index contributed by atoms with van der Waals surface area (Å²) >= 11 is 0. The molecule has 1 aliphatic rings. The Labute approximate surface area is 169 Å². The van der Waals surface area contributed by atoms with Crippen molar-refractivity contribution < 1.29 is 19.4 Å². The number of nitrogens with zero attached hydrogens (tertiary/aromatic N) is 3. The van der Waals surface area contributed by atoms with Gasteiger partial charge in [0.25, 0.3) is 11.7 Å². The van der Waals surface area contributed by atoms with Gasteiger partial charge in [-0.3, -0.25) is 14.7 Å². The molecule has 0 bridgehead atoms. The molecule has 1 atom stereocenters. The molecule has 3 rings (SSSR count). The minimum absolute atomic E-state index is 0.0645. The van der Waals surface area contributed by atoms with Gasteiger partial charge in [0.15, 0.2) is 0 Å². The number of nitrogens with one attached hydrogen (secondary N) is 1. The number of likely N-dealkylation sites (N-methyl/N-ethyl adjacent to an activating group) is 1. The van der Waals surface area contributed by atoms with Gasteiger partial charge in [-0.2, -0.15) is 5.10 Å². The molecule has 1 saturated heterocycles. The number of hydrogen-bond acceptors (Lipinski definition) is 6. The SMILES string of the molecule is COc1cccc([C@H]2/C(=C(\O)c3c(C)n[nH]c3C)C(=O)C(=O)N2CCN(C)C)c1. The topological polar surface area (TPSA) is 98.8 Å². The van der Waals surface area contributed by atoms with Crippen molar-refractivity contribution in [3.8, 4) is 5.75 Å². The fraction of sp³-hybridized carbons (Fsp3) is 0.381. The van der Waals surface area contributed by atoms with Crippen LogP contribution in [0.3, 0.4) is 0 Å². The Morgan fingerprint density at radius 1 is 1.31 bits per heavy atom. The number of carbonyl (C=O) groups excluding carboxylic acids is 2. The van der Waals surface area contributed by atoms with Crippen LogP contribution in [-0.4, -0.2) is 71.1 Å². The molecule has 0 aliphatic carbocycles. The second-order valence-electron chi connectivity index (χ2n) is 7.38. The molecule has 1 amide bonds. The van der Waals surface area contributed by atoms with Gasteiger partial charge in [0, 0.05) is 18.8 Å². The van der Waals surface area contributed by atoms with Crippen molar-refractivity contribution in [3.05, 3.63) is 52.4 Å². The molecule has 8 heteroatoms. The Hall–Kier alpha value is -3.13. The average molecular weight is 398 g/mol. The number of benzene rings is 1. The summed E-state index contributed by atoms with van der Waals surface area (Å²) in [6.45, 7) is 4.43. The highest BCUT2D eigenvalue weighted by molar-refractivity contribution is 6.46. The zero-order valence-electron chi connectivity index (χ0n) is 17.3. The average Bonchev–Trinajstić information content (AvgIpc) is 3.16. The maximum absolute atomic E-state index is 13.0. The number of carbonyl (C=O) groups is 2. The lowest BCUT2D eigenvalue weighted by atomic mass is 9.94. The van der Waals surface area contributed by atoms with E-state index in [4.69, 9.17) is 4.74 Å². The molecule has 2 aromatic rings. The van der Waals surface area contributed by atoms with Crippen molar-refractivity contribution in [2.24, 2.45) is 0 Å². The standard InChI is InChI=1S/C21H26N4O4/c1-12-16(13(2)23-22-12)19(26)17-18(14-7-6-8-15(11-14)29-5)25(10-9-24(3)4)21(28)20(17)27/h6-8,11,18,26H,9-10H2,1-5H3,(H,22,23)/b19-17+/t18-/m0/s1. The van der Waals surface area contributed by atoms with Gasteiger partial charge >= 0.3 is 0 Å². The van der Waals surface area contributed by atoms with Crippen molar-refractivity contribution in [3.63, 3.8) is 0 Å². The normalized spacial score (nSPS) is 18.7. The molecule has 29 heavy (non-hydrogen) atoms. The van der Waals surface area contributed by atoms with Crippen LogP contribution < -0.4 is 4.74 Å². The fourth-order valence-corrected chi connectivity index (χ4v) is 3.61. The predicted molar refractivity (Wildman–Crippen MR) is 109 cm³/mol. The maximum Gasteiger partial charge on any atom is 0.295 e. The summed E-state index contributed by atoms with van der Waals surface area (Å²) in [5.41, 5.74) is 2.40. The molecule has 1 aromatic carbocycles. The molecule has 2 N–H and O–H groups in total. The van der Waals surface area contributed by atoms with E-state index in [1.165, 1.54) is 4.90 Å². The maximum atomic E-state index is 13.0. The number of amides is 1. The van der Waals surface area contributed by atoms with E-state index in [1.807, 2.05) is 25.1 Å². The van der Waals surface area contributed by atoms with E-state index in [9.17, 15) is 14.7 Å². The lowest BCUT2D eigenvalue weighted by molar-refractivity contribution is -0.140. The number of ether oxygens (including phenoxy) is 1. The Balaban J connectivity index is 2.20. The third kappa shape index (κ3) is 3.75. The van der Waals surface area contributed by atoms with E-state index in [-0.39, 0.29) is 11.3 Å². The summed E-state index contributed by atoms with van der Waals surface area (Å²) in [5, 5.41) is 18.0. The third-order valence-corrected chi connectivity index (χ3v) is 5.10. The van der Waals surface area contributed by atoms with Gasteiger partial charge in [0.2, 0.25) is 0 Å². The second-order valence-corrected chi connectivity index (χ2v) is 7.38. The predicted octanol–water partition coefficient (Wildman–Crippen LogP) is 2.02. The monoisotopic (exact) mass is 398 g/mol. The number of methoxy groups -OCH3 is 1. The molecular weight excluding hydrogens is 372 g/mol. The van der Waals surface area contributed by atoms with Crippen molar-refractivity contribution >= 4 is 17.4 Å². The highest BCUT2D eigenvalue weighted by Crippen LogP contribution is 2.40. The first-order valence-corrected chi connectivity index (χ1v) is 9.35. The van der Waals surface area contributed by atoms with Crippen molar-refractivity contribution in [1.82, 2.24) is 20.0 Å². The Kier molecular flexibility index (Phi) is 5.74. The summed E-state index contributed by atoms with van der Waals surface area (Å²) < 4.78 is 5.32. The first-order valence-electron chi connectivity index (χ1n) is 9.35. The van der Waals surface area contributed by atoms with Gasteiger partial charge in [0.1, 0.15) is 11.5 Å². The first kappa shape index (κ1) is 20.6. The summed E-state index contributed by atoms with van der Waals surface area (Å²) in [6, 6.07) is 6.49. The van der Waals surface area contributed by atoms with Crippen LogP contribution in [0.15, 0.2) is 29.8 Å². The zero-order valence-corrected chi connectivity index (χ0v) is 17.3. The largest absolute Gasteiger partial charge is 0.507 e. The summed E-state index contributed by atoms with van der Waals surface area (Å²) in [5.74, 6) is -0.933. The van der Waals surface area contributed by atoms with Crippen LogP contribution in [0.2, 0.25) is 0 Å². The van der Waals surface area contributed by atoms with E-state index < -0.39 is 17.7 Å². The number of likely N-dealkylation sites (tertiary alicyclic amines) is 1. The van der Waals surface area contributed by atoms with E-state index in [0.717, 1.165) is 0 Å². The molecule has 0 unspecified atom stereocenters. The molecule has 1 aromatic heterocycles. The van der Waals surface area contributed by atoms with Crippen LogP contribution in [0, 0.1) is 13.8 Å². The Bertz CT molecular complexity index is 957. The number of hydrogen-bond donors (Lipinski definition) is 2. The quantitative estimate of drug-likeness (QED) is 0.439. The summed E-state index contributed by atoms with van der Waals surface area (Å²) in [6.07, 6.45) is 0. The molecular formula is C21H26N4O4. The van der Waals surface area contributed by atoms with E-state index in [0.29, 0.717) is 41.4 Å².